The van der Waals surface area contributed by atoms with Crippen molar-refractivity contribution in [2.45, 2.75) is 23.4 Å². The van der Waals surface area contributed by atoms with Crippen LogP contribution in [0.2, 0.25) is 0 Å². The van der Waals surface area contributed by atoms with Gasteiger partial charge in [-0.3, -0.25) is 9.59 Å². The van der Waals surface area contributed by atoms with E-state index in [1.807, 2.05) is 47.8 Å². The van der Waals surface area contributed by atoms with Crippen LogP contribution in [0.4, 0.5) is 0 Å². The lowest BCUT2D eigenvalue weighted by atomic mass is 10.1. The Bertz CT molecular complexity index is 893. The maximum Gasteiger partial charge on any atom is 0.235 e. The Morgan fingerprint density at radius 2 is 1.88 bits per heavy atom. The van der Waals surface area contributed by atoms with Crippen LogP contribution in [0.25, 0.3) is 10.7 Å². The maximum atomic E-state index is 12.0. The number of amides is 2. The molecule has 1 unspecified atom stereocenters. The molecular formula is C17H17N5O2S2. The Morgan fingerprint density at radius 1 is 1.12 bits per heavy atom. The molecule has 1 aromatic carbocycles. The summed E-state index contributed by atoms with van der Waals surface area (Å²) in [5.41, 5.74) is 11.7. The minimum atomic E-state index is -0.607. The van der Waals surface area contributed by atoms with Gasteiger partial charge in [-0.2, -0.15) is 0 Å². The molecular weight excluding hydrogens is 370 g/mol. The maximum absolute atomic E-state index is 12.0. The Labute approximate surface area is 158 Å². The summed E-state index contributed by atoms with van der Waals surface area (Å²) in [4.78, 5) is 24.2. The van der Waals surface area contributed by atoms with Gasteiger partial charge < -0.3 is 16.0 Å². The minimum Gasteiger partial charge on any atom is -0.370 e. The summed E-state index contributed by atoms with van der Waals surface area (Å²) in [6, 6.07) is 13.1. The van der Waals surface area contributed by atoms with Crippen LogP contribution >= 0.6 is 23.1 Å². The van der Waals surface area contributed by atoms with E-state index < -0.39 is 17.1 Å². The number of rotatable bonds is 8. The summed E-state index contributed by atoms with van der Waals surface area (Å²) in [6.45, 7) is 0.332. The van der Waals surface area contributed by atoms with E-state index in [1.165, 1.54) is 23.1 Å². The molecule has 0 fully saturated rings. The van der Waals surface area contributed by atoms with Gasteiger partial charge in [-0.25, -0.2) is 0 Å². The standard InChI is InChI=1S/C17H17N5O2S2/c18-13(23)8-9-22-16(12-7-4-10-25-12)20-21-17(22)26-14(15(19)24)11-5-2-1-3-6-11/h1-7,10,14H,8-9H2,(H2,18,23)(H2,19,24). The predicted molar refractivity (Wildman–Crippen MR) is 101 cm³/mol. The summed E-state index contributed by atoms with van der Waals surface area (Å²) >= 11 is 2.73. The van der Waals surface area contributed by atoms with Crippen LogP contribution in [0.5, 0.6) is 0 Å². The summed E-state index contributed by atoms with van der Waals surface area (Å²) in [6.07, 6.45) is 0.149. The second kappa shape index (κ2) is 8.15. The lowest BCUT2D eigenvalue weighted by molar-refractivity contribution is -0.118. The first-order chi connectivity index (χ1) is 12.6. The smallest absolute Gasteiger partial charge is 0.235 e. The van der Waals surface area contributed by atoms with E-state index in [9.17, 15) is 9.59 Å². The minimum absolute atomic E-state index is 0.149. The first kappa shape index (κ1) is 18.2. The average molecular weight is 387 g/mol. The fraction of sp³-hybridized carbons (Fsp3) is 0.176. The number of thiophene rings is 1. The van der Waals surface area contributed by atoms with Crippen molar-refractivity contribution in [2.75, 3.05) is 0 Å². The van der Waals surface area contributed by atoms with Crippen LogP contribution in [0.1, 0.15) is 17.2 Å². The van der Waals surface area contributed by atoms with Crippen LogP contribution in [0.15, 0.2) is 53.0 Å². The van der Waals surface area contributed by atoms with Gasteiger partial charge in [-0.1, -0.05) is 48.2 Å². The van der Waals surface area contributed by atoms with Gasteiger partial charge in [0.25, 0.3) is 0 Å². The van der Waals surface area contributed by atoms with E-state index in [1.54, 1.807) is 4.57 Å². The van der Waals surface area contributed by atoms with Gasteiger partial charge in [-0.15, -0.1) is 21.5 Å². The SMILES string of the molecule is NC(=O)CCn1c(SC(C(N)=O)c2ccccc2)nnc1-c1cccs1. The molecule has 2 amide bonds. The third-order valence-electron chi connectivity index (χ3n) is 3.62. The van der Waals surface area contributed by atoms with Crippen molar-refractivity contribution >= 4 is 34.9 Å². The highest BCUT2D eigenvalue weighted by molar-refractivity contribution is 8.00. The number of benzene rings is 1. The van der Waals surface area contributed by atoms with Crippen LogP contribution in [-0.4, -0.2) is 26.6 Å². The number of primary amides is 2. The molecule has 2 heterocycles. The third kappa shape index (κ3) is 4.12. The number of carbonyl (C=O) groups excluding carboxylic acids is 2. The Kier molecular flexibility index (Phi) is 5.69. The summed E-state index contributed by atoms with van der Waals surface area (Å²) in [5.74, 6) is -0.246. The molecule has 9 heteroatoms. The number of hydrogen-bond acceptors (Lipinski definition) is 6. The van der Waals surface area contributed by atoms with Crippen molar-refractivity contribution in [3.8, 4) is 10.7 Å². The second-order valence-corrected chi connectivity index (χ2v) is 7.48. The molecule has 134 valence electrons. The van der Waals surface area contributed by atoms with E-state index >= 15 is 0 Å². The van der Waals surface area contributed by atoms with Gasteiger partial charge in [-0.05, 0) is 17.0 Å². The Balaban J connectivity index is 1.95. The molecule has 0 spiro atoms. The molecule has 26 heavy (non-hydrogen) atoms. The molecule has 0 aliphatic carbocycles. The zero-order valence-electron chi connectivity index (χ0n) is 13.7. The van der Waals surface area contributed by atoms with Crippen molar-refractivity contribution in [3.05, 3.63) is 53.4 Å². The highest BCUT2D eigenvalue weighted by Gasteiger charge is 2.24. The summed E-state index contributed by atoms with van der Waals surface area (Å²) in [7, 11) is 0. The highest BCUT2D eigenvalue weighted by atomic mass is 32.2. The van der Waals surface area contributed by atoms with E-state index in [-0.39, 0.29) is 6.42 Å². The number of nitrogens with two attached hydrogens (primary N) is 2. The molecule has 0 saturated heterocycles. The van der Waals surface area contributed by atoms with Gasteiger partial charge in [0.05, 0.1) is 4.88 Å². The molecule has 0 aliphatic rings. The zero-order valence-corrected chi connectivity index (χ0v) is 15.4. The topological polar surface area (TPSA) is 117 Å². The number of nitrogens with zero attached hydrogens (tertiary/aromatic N) is 3. The van der Waals surface area contributed by atoms with Gasteiger partial charge >= 0.3 is 0 Å². The molecule has 1 atom stereocenters. The van der Waals surface area contributed by atoms with Crippen molar-refractivity contribution in [2.24, 2.45) is 11.5 Å². The summed E-state index contributed by atoms with van der Waals surface area (Å²) < 4.78 is 1.81. The van der Waals surface area contributed by atoms with Crippen LogP contribution in [-0.2, 0) is 16.1 Å². The predicted octanol–water partition coefficient (Wildman–Crippen LogP) is 2.20. The van der Waals surface area contributed by atoms with Gasteiger partial charge in [0.15, 0.2) is 11.0 Å². The largest absolute Gasteiger partial charge is 0.370 e. The number of carbonyl (C=O) groups is 2. The molecule has 2 aromatic heterocycles. The van der Waals surface area contributed by atoms with E-state index in [4.69, 9.17) is 11.5 Å². The zero-order chi connectivity index (χ0) is 18.5. The van der Waals surface area contributed by atoms with Crippen molar-refractivity contribution in [1.29, 1.82) is 0 Å². The summed E-state index contributed by atoms with van der Waals surface area (Å²) in [5, 5.41) is 10.3. The first-order valence-corrected chi connectivity index (χ1v) is 9.58. The quantitative estimate of drug-likeness (QED) is 0.575. The van der Waals surface area contributed by atoms with E-state index in [2.05, 4.69) is 10.2 Å². The molecule has 7 nitrogen and oxygen atoms in total. The monoisotopic (exact) mass is 387 g/mol. The van der Waals surface area contributed by atoms with Gasteiger partial charge in [0.2, 0.25) is 11.8 Å². The Morgan fingerprint density at radius 3 is 2.50 bits per heavy atom. The van der Waals surface area contributed by atoms with E-state index in [0.29, 0.717) is 17.5 Å². The molecule has 0 saturated carbocycles. The molecule has 0 bridgehead atoms. The van der Waals surface area contributed by atoms with Crippen molar-refractivity contribution in [3.63, 3.8) is 0 Å². The van der Waals surface area contributed by atoms with Crippen LogP contribution < -0.4 is 11.5 Å². The second-order valence-electron chi connectivity index (χ2n) is 5.46. The molecule has 3 rings (SSSR count). The number of thioether (sulfide) groups is 1. The average Bonchev–Trinajstić information content (AvgIpc) is 3.27. The lowest BCUT2D eigenvalue weighted by Gasteiger charge is -2.14. The first-order valence-electron chi connectivity index (χ1n) is 7.82. The highest BCUT2D eigenvalue weighted by Crippen LogP contribution is 2.36. The molecule has 4 N–H and O–H groups in total. The Hall–Kier alpha value is -2.65. The van der Waals surface area contributed by atoms with Gasteiger partial charge in [0.1, 0.15) is 5.25 Å². The fourth-order valence-electron chi connectivity index (χ4n) is 2.41. The van der Waals surface area contributed by atoms with Crippen molar-refractivity contribution in [1.82, 2.24) is 14.8 Å². The fourth-order valence-corrected chi connectivity index (χ4v) is 4.14. The van der Waals surface area contributed by atoms with Gasteiger partial charge in [0, 0.05) is 13.0 Å². The number of hydrogen-bond donors (Lipinski definition) is 2. The van der Waals surface area contributed by atoms with Crippen LogP contribution in [0.3, 0.4) is 0 Å². The normalized spacial score (nSPS) is 12.0. The lowest BCUT2D eigenvalue weighted by Crippen LogP contribution is -2.20. The van der Waals surface area contributed by atoms with Crippen molar-refractivity contribution < 1.29 is 9.59 Å². The molecule has 0 aliphatic heterocycles. The molecule has 0 radical (unpaired) electrons. The third-order valence-corrected chi connectivity index (χ3v) is 5.74. The number of aromatic nitrogens is 3. The molecule has 3 aromatic rings. The van der Waals surface area contributed by atoms with E-state index in [0.717, 1.165) is 10.4 Å². The van der Waals surface area contributed by atoms with Crippen LogP contribution in [0, 0.1) is 0 Å².